The van der Waals surface area contributed by atoms with Gasteiger partial charge in [-0.2, -0.15) is 0 Å². The number of thiazole rings is 1. The van der Waals surface area contributed by atoms with Gasteiger partial charge in [0, 0.05) is 89.5 Å². The average molecular weight is 1070 g/mol. The number of amides is 2. The quantitative estimate of drug-likeness (QED) is 0.0829. The van der Waals surface area contributed by atoms with Crippen LogP contribution in [-0.2, 0) is 19.1 Å². The van der Waals surface area contributed by atoms with Crippen LogP contribution in [0.4, 0.5) is 17.3 Å². The average Bonchev–Trinajstić information content (AvgIpc) is 4.21. The van der Waals surface area contributed by atoms with Crippen LogP contribution in [0.25, 0.3) is 21.7 Å². The number of nitrogens with one attached hydrogen (secondary N) is 1. The van der Waals surface area contributed by atoms with Gasteiger partial charge in [-0.05, 0) is 106 Å². The summed E-state index contributed by atoms with van der Waals surface area (Å²) in [7, 11) is 0. The van der Waals surface area contributed by atoms with Crippen molar-refractivity contribution in [2.24, 2.45) is 11.8 Å². The second-order valence-corrected chi connectivity index (χ2v) is 24.0. The molecule has 77 heavy (non-hydrogen) atoms. The van der Waals surface area contributed by atoms with Gasteiger partial charge in [-0.15, -0.1) is 21.5 Å². The van der Waals surface area contributed by atoms with Crippen LogP contribution in [0.5, 0.6) is 5.75 Å². The van der Waals surface area contributed by atoms with Crippen molar-refractivity contribution in [2.75, 3.05) is 87.6 Å². The molecule has 0 radical (unpaired) electrons. The highest BCUT2D eigenvalue weighted by molar-refractivity contribution is 7.13. The maximum atomic E-state index is 14.4. The first-order valence-corrected chi connectivity index (χ1v) is 29.1. The minimum atomic E-state index is -0.798. The number of aliphatic hydroxyl groups is 1. The van der Waals surface area contributed by atoms with Crippen LogP contribution in [0, 0.1) is 18.8 Å². The van der Waals surface area contributed by atoms with E-state index in [2.05, 4.69) is 45.3 Å². The molecule has 3 aromatic heterocycles. The van der Waals surface area contributed by atoms with E-state index in [0.29, 0.717) is 47.0 Å². The number of rotatable bonds is 15. The molecule has 6 aliphatic rings. The normalized spacial score (nSPS) is 24.6. The molecule has 0 bridgehead atoms. The molecule has 1 saturated carbocycles. The molecule has 5 saturated heterocycles. The molecule has 2 amide bonds. The third-order valence-corrected chi connectivity index (χ3v) is 18.6. The Hall–Kier alpha value is -5.70. The fraction of sp³-hybridized carbons (Fsp3) is 0.586. The van der Waals surface area contributed by atoms with E-state index in [1.54, 1.807) is 28.4 Å². The van der Waals surface area contributed by atoms with Crippen LogP contribution in [0.2, 0.25) is 0 Å². The Morgan fingerprint density at radius 3 is 2.38 bits per heavy atom. The van der Waals surface area contributed by atoms with Crippen molar-refractivity contribution >= 4 is 40.5 Å². The molecular formula is C58H77N11O7S. The largest absolute Gasteiger partial charge is 0.507 e. The maximum absolute atomic E-state index is 14.4. The van der Waals surface area contributed by atoms with Crippen LogP contribution in [0.15, 0.2) is 70.7 Å². The Balaban J connectivity index is 0.596. The van der Waals surface area contributed by atoms with E-state index in [0.717, 1.165) is 150 Å². The van der Waals surface area contributed by atoms with E-state index < -0.39 is 18.1 Å². The summed E-state index contributed by atoms with van der Waals surface area (Å²) in [5.41, 5.74) is 13.2. The zero-order valence-corrected chi connectivity index (χ0v) is 46.0. The van der Waals surface area contributed by atoms with E-state index in [4.69, 9.17) is 19.7 Å². The van der Waals surface area contributed by atoms with Crippen LogP contribution < -0.4 is 20.9 Å². The summed E-state index contributed by atoms with van der Waals surface area (Å²) in [6.07, 6.45) is 8.30. The number of aromatic nitrogens is 4. The Kier molecular flexibility index (Phi) is 15.9. The van der Waals surface area contributed by atoms with Crippen molar-refractivity contribution in [1.29, 1.82) is 0 Å². The highest BCUT2D eigenvalue weighted by Gasteiger charge is 2.46. The monoisotopic (exact) mass is 1070 g/mol. The second-order valence-electron chi connectivity index (χ2n) is 23.1. The van der Waals surface area contributed by atoms with E-state index in [1.807, 2.05) is 81.7 Å². The molecular weight excluding hydrogens is 995 g/mol. The predicted molar refractivity (Wildman–Crippen MR) is 297 cm³/mol. The summed E-state index contributed by atoms with van der Waals surface area (Å²) in [6.45, 7) is 17.3. The van der Waals surface area contributed by atoms with Crippen molar-refractivity contribution in [3.8, 4) is 27.4 Å². The first kappa shape index (κ1) is 53.3. The summed E-state index contributed by atoms with van der Waals surface area (Å²) in [6, 6.07) is 18.6. The first-order chi connectivity index (χ1) is 37.3. The van der Waals surface area contributed by atoms with Gasteiger partial charge in [0.2, 0.25) is 11.8 Å². The number of ether oxygens (including phenoxy) is 2. The number of para-hydroxylation sites is 1. The van der Waals surface area contributed by atoms with Gasteiger partial charge >= 0.3 is 0 Å². The molecule has 4 atom stereocenters. The van der Waals surface area contributed by atoms with Gasteiger partial charge in [-0.25, -0.2) is 4.98 Å². The standard InChI is InChI=1S/C58H77N11O7S/c1-36(2)53(57(73)69-33-43(70)29-49(69)56(72)61-37(3)40-9-11-41(12-10-40)54-38(4)60-35-77-54)51-31-52(64-76-51)67-21-13-39(14-22-67)32-65-19-15-44(16-20-65)75-45-27-42(28-45)68-25-26-74-58(34-68)17-23-66(24-18-58)48-30-47(62-63-55(48)59)46-7-5-6-8-50(46)71/h5-12,30-31,35-37,39,42-45,49,53,70-71H,13-29,32-34H2,1-4H3,(H2,59,63)(H,61,72)/t37-,42?,43+,45?,49-,53?/m0/s1. The number of aliphatic hydroxyl groups excluding tert-OH is 1. The van der Waals surface area contributed by atoms with Gasteiger partial charge in [0.15, 0.2) is 17.4 Å². The minimum absolute atomic E-state index is 0.0894. The topological polar surface area (TPSA) is 212 Å². The lowest BCUT2D eigenvalue weighted by atomic mass is 9.83. The number of likely N-dealkylation sites (tertiary alicyclic amines) is 2. The molecule has 1 aliphatic carbocycles. The summed E-state index contributed by atoms with van der Waals surface area (Å²) >= 11 is 1.60. The van der Waals surface area contributed by atoms with Crippen molar-refractivity contribution in [3.05, 3.63) is 83.2 Å². The number of phenols is 1. The van der Waals surface area contributed by atoms with Gasteiger partial charge in [-0.3, -0.25) is 14.5 Å². The molecule has 1 spiro atoms. The number of hydrogen-bond acceptors (Lipinski definition) is 17. The number of anilines is 3. The van der Waals surface area contributed by atoms with Crippen LogP contribution in [0.1, 0.15) is 108 Å². The zero-order valence-electron chi connectivity index (χ0n) is 45.1. The molecule has 8 heterocycles. The van der Waals surface area contributed by atoms with Crippen molar-refractivity contribution < 1.29 is 33.8 Å². The van der Waals surface area contributed by atoms with Crippen LogP contribution in [-0.4, -0.2) is 165 Å². The van der Waals surface area contributed by atoms with E-state index >= 15 is 0 Å². The van der Waals surface area contributed by atoms with Crippen molar-refractivity contribution in [2.45, 2.75) is 133 Å². The van der Waals surface area contributed by atoms with Gasteiger partial charge in [0.05, 0.1) is 64.0 Å². The molecule has 5 aromatic rings. The number of phenolic OH excluding ortho intramolecular Hbond substituents is 1. The fourth-order valence-electron chi connectivity index (χ4n) is 13.0. The molecule has 412 valence electrons. The number of carbonyl (C=O) groups is 2. The molecule has 1 unspecified atom stereocenters. The summed E-state index contributed by atoms with van der Waals surface area (Å²) in [5.74, 6) is 1.13. The highest BCUT2D eigenvalue weighted by Crippen LogP contribution is 2.40. The predicted octanol–water partition coefficient (Wildman–Crippen LogP) is 7.03. The zero-order chi connectivity index (χ0) is 53.4. The summed E-state index contributed by atoms with van der Waals surface area (Å²) in [4.78, 5) is 45.1. The van der Waals surface area contributed by atoms with E-state index in [9.17, 15) is 19.8 Å². The number of piperidine rings is 3. The van der Waals surface area contributed by atoms with Gasteiger partial charge in [-0.1, -0.05) is 55.4 Å². The molecule has 18 nitrogen and oxygen atoms in total. The van der Waals surface area contributed by atoms with Gasteiger partial charge in [0.1, 0.15) is 17.7 Å². The highest BCUT2D eigenvalue weighted by atomic mass is 32.1. The number of nitrogen functional groups attached to an aromatic ring is 1. The Bertz CT molecular complexity index is 2820. The molecule has 19 heteroatoms. The number of morpholine rings is 1. The van der Waals surface area contributed by atoms with Crippen molar-refractivity contribution in [1.82, 2.24) is 40.4 Å². The number of carbonyl (C=O) groups excluding carboxylic acids is 2. The maximum Gasteiger partial charge on any atom is 0.243 e. The van der Waals surface area contributed by atoms with Crippen molar-refractivity contribution in [3.63, 3.8) is 0 Å². The fourth-order valence-corrected chi connectivity index (χ4v) is 13.8. The van der Waals surface area contributed by atoms with E-state index in [-0.39, 0.29) is 48.1 Å². The number of benzene rings is 2. The number of β-amino-alcohol motifs (C(OH)–C–C–N with tert-alkyl or cyclic N) is 1. The van der Waals surface area contributed by atoms with Crippen LogP contribution >= 0.6 is 11.3 Å². The Labute approximate surface area is 456 Å². The minimum Gasteiger partial charge on any atom is -0.507 e. The lowest BCUT2D eigenvalue weighted by Gasteiger charge is -2.52. The smallest absolute Gasteiger partial charge is 0.243 e. The molecule has 6 fully saturated rings. The lowest BCUT2D eigenvalue weighted by molar-refractivity contribution is -0.159. The van der Waals surface area contributed by atoms with Gasteiger partial charge < -0.3 is 54.9 Å². The van der Waals surface area contributed by atoms with Gasteiger partial charge in [0.25, 0.3) is 0 Å². The SMILES string of the molecule is Cc1ncsc1-c1ccc([C@H](C)NC(=O)[C@@H]2C[C@@H](O)CN2C(=O)C(c2cc(N3CCC(CN4CCC(OC5CC(N6CCOC7(CCN(c8cc(-c9ccccc9O)nnc8N)CC7)C6)C5)CC4)CC3)no2)C(C)C)cc1. The summed E-state index contributed by atoms with van der Waals surface area (Å²) in [5, 5.41) is 37.4. The Morgan fingerprint density at radius 2 is 1.66 bits per heavy atom. The number of nitrogens with two attached hydrogens (primary N) is 1. The number of hydrogen-bond donors (Lipinski definition) is 4. The number of nitrogens with zero attached hydrogens (tertiary/aromatic N) is 9. The third-order valence-electron chi connectivity index (χ3n) is 17.6. The summed E-state index contributed by atoms with van der Waals surface area (Å²) < 4.78 is 19.3. The number of aryl methyl sites for hydroxylation is 1. The third kappa shape index (κ3) is 11.7. The Morgan fingerprint density at radius 1 is 0.909 bits per heavy atom. The first-order valence-electron chi connectivity index (χ1n) is 28.2. The number of aromatic hydroxyl groups is 1. The van der Waals surface area contributed by atoms with Crippen LogP contribution in [0.3, 0.4) is 0 Å². The molecule has 5 aliphatic heterocycles. The lowest BCUT2D eigenvalue weighted by Crippen LogP contribution is -2.61. The molecule has 5 N–H and O–H groups in total. The second kappa shape index (κ2) is 22.9. The molecule has 11 rings (SSSR count). The molecule has 2 aromatic carbocycles. The van der Waals surface area contributed by atoms with E-state index in [1.165, 1.54) is 0 Å².